The number of H-pyrrole nitrogens is 1. The van der Waals surface area contributed by atoms with Gasteiger partial charge in [0.05, 0.1) is 12.2 Å². The summed E-state index contributed by atoms with van der Waals surface area (Å²) in [6.07, 6.45) is 3.71. The molecule has 3 heterocycles. The van der Waals surface area contributed by atoms with Gasteiger partial charge in [0.1, 0.15) is 0 Å². The van der Waals surface area contributed by atoms with Gasteiger partial charge in [0.2, 0.25) is 11.9 Å². The Balaban J connectivity index is 1.65. The molecule has 0 fully saturated rings. The van der Waals surface area contributed by atoms with Gasteiger partial charge in [-0.15, -0.1) is 10.2 Å². The molecular formula is C19H20N8O. The third kappa shape index (κ3) is 3.78. The van der Waals surface area contributed by atoms with E-state index in [1.54, 1.807) is 4.68 Å². The molecule has 0 saturated heterocycles. The number of anilines is 3. The van der Waals surface area contributed by atoms with Gasteiger partial charge in [0.25, 0.3) is 0 Å². The lowest BCUT2D eigenvalue weighted by atomic mass is 10.2. The highest BCUT2D eigenvalue weighted by molar-refractivity contribution is 5.88. The second-order valence-corrected chi connectivity index (χ2v) is 6.39. The Labute approximate surface area is 161 Å². The number of rotatable bonds is 6. The summed E-state index contributed by atoms with van der Waals surface area (Å²) in [5.74, 6) is 1.90. The highest BCUT2D eigenvalue weighted by Crippen LogP contribution is 2.23. The van der Waals surface area contributed by atoms with Gasteiger partial charge in [-0.25, -0.2) is 0 Å². The molecule has 3 N–H and O–H groups in total. The predicted octanol–water partition coefficient (Wildman–Crippen LogP) is 2.76. The van der Waals surface area contributed by atoms with Crippen molar-refractivity contribution in [1.29, 1.82) is 0 Å². The molecule has 0 atom stereocenters. The van der Waals surface area contributed by atoms with Crippen LogP contribution in [-0.4, -0.2) is 35.4 Å². The van der Waals surface area contributed by atoms with Crippen LogP contribution in [0.15, 0.2) is 54.9 Å². The van der Waals surface area contributed by atoms with Crippen LogP contribution >= 0.6 is 0 Å². The van der Waals surface area contributed by atoms with Crippen molar-refractivity contribution in [2.24, 2.45) is 7.05 Å². The van der Waals surface area contributed by atoms with Crippen LogP contribution in [0.1, 0.15) is 12.5 Å². The van der Waals surface area contributed by atoms with Gasteiger partial charge in [0.15, 0.2) is 11.6 Å². The van der Waals surface area contributed by atoms with Crippen molar-refractivity contribution in [2.75, 3.05) is 10.6 Å². The van der Waals surface area contributed by atoms with E-state index >= 15 is 0 Å². The second kappa shape index (κ2) is 7.39. The lowest BCUT2D eigenvalue weighted by Crippen LogP contribution is -2.08. The standard InChI is InChI=1S/C19H20N8O/c1-13(28)21-15-7-5-14(6-8-15)12-27-18(16-4-3-10-20-16)23-24-19(27)22-17-9-11-26(2)25-17/h3-11,20H,12H2,1-2H3,(H,21,28)(H,22,24,25). The number of benzene rings is 1. The van der Waals surface area contributed by atoms with E-state index in [2.05, 4.69) is 30.9 Å². The molecule has 4 aromatic rings. The molecule has 0 radical (unpaired) electrons. The maximum absolute atomic E-state index is 11.2. The largest absolute Gasteiger partial charge is 0.359 e. The van der Waals surface area contributed by atoms with E-state index in [1.165, 1.54) is 6.92 Å². The zero-order chi connectivity index (χ0) is 19.5. The fraction of sp³-hybridized carbons (Fsp3) is 0.158. The number of nitrogens with one attached hydrogen (secondary N) is 3. The Kier molecular flexibility index (Phi) is 4.63. The summed E-state index contributed by atoms with van der Waals surface area (Å²) in [5.41, 5.74) is 2.68. The first kappa shape index (κ1) is 17.5. The van der Waals surface area contributed by atoms with Crippen molar-refractivity contribution >= 4 is 23.4 Å². The van der Waals surface area contributed by atoms with Gasteiger partial charge in [0, 0.05) is 38.1 Å². The van der Waals surface area contributed by atoms with Crippen LogP contribution in [-0.2, 0) is 18.4 Å². The predicted molar refractivity (Wildman–Crippen MR) is 106 cm³/mol. The number of carbonyl (C=O) groups is 1. The summed E-state index contributed by atoms with van der Waals surface area (Å²) in [4.78, 5) is 14.4. The lowest BCUT2D eigenvalue weighted by Gasteiger charge is -2.11. The molecule has 0 spiro atoms. The molecule has 0 saturated carbocycles. The van der Waals surface area contributed by atoms with E-state index in [0.29, 0.717) is 18.3 Å². The Morgan fingerprint density at radius 3 is 2.61 bits per heavy atom. The van der Waals surface area contributed by atoms with Crippen molar-refractivity contribution < 1.29 is 4.79 Å². The molecule has 4 rings (SSSR count). The van der Waals surface area contributed by atoms with Gasteiger partial charge in [-0.2, -0.15) is 5.10 Å². The highest BCUT2D eigenvalue weighted by Gasteiger charge is 2.16. The molecule has 28 heavy (non-hydrogen) atoms. The Hall–Kier alpha value is -3.88. The number of hydrogen-bond acceptors (Lipinski definition) is 5. The maximum Gasteiger partial charge on any atom is 0.230 e. The van der Waals surface area contributed by atoms with Gasteiger partial charge in [-0.3, -0.25) is 14.0 Å². The molecule has 0 aliphatic heterocycles. The summed E-state index contributed by atoms with van der Waals surface area (Å²) in [5, 5.41) is 19.0. The summed E-state index contributed by atoms with van der Waals surface area (Å²) in [7, 11) is 1.86. The van der Waals surface area contributed by atoms with E-state index in [4.69, 9.17) is 0 Å². The van der Waals surface area contributed by atoms with Gasteiger partial charge in [-0.05, 0) is 29.8 Å². The second-order valence-electron chi connectivity index (χ2n) is 6.39. The molecule has 1 amide bonds. The Morgan fingerprint density at radius 2 is 1.96 bits per heavy atom. The van der Waals surface area contributed by atoms with Crippen LogP contribution in [0.2, 0.25) is 0 Å². The van der Waals surface area contributed by atoms with Crippen LogP contribution in [0.4, 0.5) is 17.5 Å². The minimum Gasteiger partial charge on any atom is -0.359 e. The number of hydrogen-bond donors (Lipinski definition) is 3. The molecule has 1 aromatic carbocycles. The first-order valence-electron chi connectivity index (χ1n) is 8.78. The summed E-state index contributed by atoms with van der Waals surface area (Å²) < 4.78 is 3.70. The minimum absolute atomic E-state index is 0.0950. The van der Waals surface area contributed by atoms with Crippen molar-refractivity contribution in [3.05, 3.63) is 60.4 Å². The average Bonchev–Trinajstić information content (AvgIpc) is 3.39. The van der Waals surface area contributed by atoms with E-state index in [-0.39, 0.29) is 5.91 Å². The summed E-state index contributed by atoms with van der Waals surface area (Å²) >= 11 is 0. The molecule has 0 bridgehead atoms. The molecule has 0 aliphatic rings. The zero-order valence-corrected chi connectivity index (χ0v) is 15.5. The molecule has 0 aliphatic carbocycles. The smallest absolute Gasteiger partial charge is 0.230 e. The van der Waals surface area contributed by atoms with Gasteiger partial charge in [-0.1, -0.05) is 12.1 Å². The summed E-state index contributed by atoms with van der Waals surface area (Å²) in [6.45, 7) is 2.04. The normalized spacial score (nSPS) is 10.8. The zero-order valence-electron chi connectivity index (χ0n) is 15.5. The van der Waals surface area contributed by atoms with Crippen molar-refractivity contribution in [2.45, 2.75) is 13.5 Å². The fourth-order valence-electron chi connectivity index (χ4n) is 2.89. The SMILES string of the molecule is CC(=O)Nc1ccc(Cn2c(Nc3ccn(C)n3)nnc2-c2ccc[nH]2)cc1. The lowest BCUT2D eigenvalue weighted by molar-refractivity contribution is -0.114. The third-order valence-corrected chi connectivity index (χ3v) is 4.16. The number of aromatic amines is 1. The van der Waals surface area contributed by atoms with Gasteiger partial charge >= 0.3 is 0 Å². The molecule has 142 valence electrons. The molecule has 3 aromatic heterocycles. The summed E-state index contributed by atoms with van der Waals surface area (Å²) in [6, 6.07) is 13.4. The maximum atomic E-state index is 11.2. The number of carbonyl (C=O) groups excluding carboxylic acids is 1. The van der Waals surface area contributed by atoms with E-state index < -0.39 is 0 Å². The first-order chi connectivity index (χ1) is 13.6. The minimum atomic E-state index is -0.0950. The number of aryl methyl sites for hydroxylation is 1. The van der Waals surface area contributed by atoms with Crippen molar-refractivity contribution in [3.63, 3.8) is 0 Å². The monoisotopic (exact) mass is 376 g/mol. The van der Waals surface area contributed by atoms with Crippen LogP contribution in [0.3, 0.4) is 0 Å². The first-order valence-corrected chi connectivity index (χ1v) is 8.78. The molecule has 9 heteroatoms. The van der Waals surface area contributed by atoms with Crippen LogP contribution in [0.25, 0.3) is 11.5 Å². The number of nitrogens with zero attached hydrogens (tertiary/aromatic N) is 5. The average molecular weight is 376 g/mol. The molecule has 9 nitrogen and oxygen atoms in total. The van der Waals surface area contributed by atoms with E-state index in [1.807, 2.05) is 66.5 Å². The topological polar surface area (TPSA) is 105 Å². The number of amides is 1. The number of aromatic nitrogens is 6. The highest BCUT2D eigenvalue weighted by atomic mass is 16.1. The Bertz CT molecular complexity index is 1080. The third-order valence-electron chi connectivity index (χ3n) is 4.16. The van der Waals surface area contributed by atoms with Crippen molar-refractivity contribution in [1.82, 2.24) is 29.5 Å². The van der Waals surface area contributed by atoms with Gasteiger partial charge < -0.3 is 15.6 Å². The Morgan fingerprint density at radius 1 is 1.14 bits per heavy atom. The van der Waals surface area contributed by atoms with Crippen LogP contribution in [0, 0.1) is 0 Å². The quantitative estimate of drug-likeness (QED) is 0.480. The van der Waals surface area contributed by atoms with E-state index in [0.717, 1.165) is 22.8 Å². The molecular weight excluding hydrogens is 356 g/mol. The fourth-order valence-corrected chi connectivity index (χ4v) is 2.89. The van der Waals surface area contributed by atoms with Crippen LogP contribution in [0.5, 0.6) is 0 Å². The van der Waals surface area contributed by atoms with E-state index in [9.17, 15) is 4.79 Å². The van der Waals surface area contributed by atoms with Crippen molar-refractivity contribution in [3.8, 4) is 11.5 Å². The van der Waals surface area contributed by atoms with Crippen LogP contribution < -0.4 is 10.6 Å². The molecule has 0 unspecified atom stereocenters.